The van der Waals surface area contributed by atoms with Crippen molar-refractivity contribution in [1.82, 2.24) is 5.32 Å². The summed E-state index contributed by atoms with van der Waals surface area (Å²) in [5, 5.41) is 4.27. The highest BCUT2D eigenvalue weighted by atomic mass is 35.5. The quantitative estimate of drug-likeness (QED) is 0.853. The van der Waals surface area contributed by atoms with Crippen molar-refractivity contribution in [2.75, 3.05) is 24.5 Å². The molecular formula is C13H19ClN2. The van der Waals surface area contributed by atoms with Gasteiger partial charge in [0, 0.05) is 36.4 Å². The first kappa shape index (κ1) is 11.7. The van der Waals surface area contributed by atoms with Gasteiger partial charge in [-0.15, -0.1) is 0 Å². The standard InChI is InChI=1S/C13H19ClN2/c1-3-12-9-15-6-7-16(12)13-8-11(14)5-4-10(13)2/h4-5,8,12,15H,3,6-7,9H2,1-2H3. The van der Waals surface area contributed by atoms with Crippen LogP contribution < -0.4 is 10.2 Å². The molecule has 1 aliphatic rings. The largest absolute Gasteiger partial charge is 0.366 e. The molecule has 1 fully saturated rings. The number of benzene rings is 1. The van der Waals surface area contributed by atoms with E-state index in [-0.39, 0.29) is 0 Å². The van der Waals surface area contributed by atoms with Crippen molar-refractivity contribution < 1.29 is 0 Å². The van der Waals surface area contributed by atoms with Crippen LogP contribution in [0.4, 0.5) is 5.69 Å². The third-order valence-corrected chi connectivity index (χ3v) is 3.54. The minimum atomic E-state index is 0.589. The van der Waals surface area contributed by atoms with E-state index in [2.05, 4.69) is 36.2 Å². The molecule has 0 bridgehead atoms. The highest BCUT2D eigenvalue weighted by Crippen LogP contribution is 2.27. The zero-order valence-corrected chi connectivity index (χ0v) is 10.7. The smallest absolute Gasteiger partial charge is 0.0426 e. The molecule has 1 saturated heterocycles. The molecule has 2 rings (SSSR count). The van der Waals surface area contributed by atoms with Gasteiger partial charge in [0.25, 0.3) is 0 Å². The summed E-state index contributed by atoms with van der Waals surface area (Å²) in [7, 11) is 0. The van der Waals surface area contributed by atoms with Crippen LogP contribution in [0.3, 0.4) is 0 Å². The maximum Gasteiger partial charge on any atom is 0.0426 e. The molecule has 1 atom stereocenters. The first-order valence-electron chi connectivity index (χ1n) is 5.96. The lowest BCUT2D eigenvalue weighted by Gasteiger charge is -2.38. The molecule has 0 aliphatic carbocycles. The molecule has 1 heterocycles. The van der Waals surface area contributed by atoms with Crippen molar-refractivity contribution in [2.24, 2.45) is 0 Å². The molecule has 0 spiro atoms. The van der Waals surface area contributed by atoms with E-state index in [1.807, 2.05) is 6.07 Å². The van der Waals surface area contributed by atoms with Crippen molar-refractivity contribution in [3.05, 3.63) is 28.8 Å². The Morgan fingerprint density at radius 2 is 2.31 bits per heavy atom. The molecule has 1 N–H and O–H groups in total. The molecule has 3 heteroatoms. The van der Waals surface area contributed by atoms with Crippen LogP contribution in [-0.2, 0) is 0 Å². The number of nitrogens with one attached hydrogen (secondary N) is 1. The Bertz CT molecular complexity index is 365. The lowest BCUT2D eigenvalue weighted by atomic mass is 10.1. The molecule has 1 aromatic rings. The summed E-state index contributed by atoms with van der Waals surface area (Å²) >= 11 is 6.08. The topological polar surface area (TPSA) is 15.3 Å². The molecule has 1 unspecified atom stereocenters. The fourth-order valence-electron chi connectivity index (χ4n) is 2.33. The molecule has 1 aromatic carbocycles. The average Bonchev–Trinajstić information content (AvgIpc) is 2.32. The number of rotatable bonds is 2. The third-order valence-electron chi connectivity index (χ3n) is 3.30. The van der Waals surface area contributed by atoms with Crippen molar-refractivity contribution in [3.63, 3.8) is 0 Å². The Morgan fingerprint density at radius 1 is 1.50 bits per heavy atom. The van der Waals surface area contributed by atoms with Crippen molar-refractivity contribution in [2.45, 2.75) is 26.3 Å². The van der Waals surface area contributed by atoms with E-state index in [0.29, 0.717) is 6.04 Å². The molecule has 0 aromatic heterocycles. The second-order valence-corrected chi connectivity index (χ2v) is 4.83. The second kappa shape index (κ2) is 5.07. The lowest BCUT2D eigenvalue weighted by molar-refractivity contribution is 0.466. The number of aryl methyl sites for hydroxylation is 1. The molecular weight excluding hydrogens is 220 g/mol. The van der Waals surface area contributed by atoms with Crippen LogP contribution in [0.25, 0.3) is 0 Å². The summed E-state index contributed by atoms with van der Waals surface area (Å²) in [4.78, 5) is 2.48. The Hall–Kier alpha value is -0.730. The van der Waals surface area contributed by atoms with Crippen LogP contribution in [-0.4, -0.2) is 25.7 Å². The first-order chi connectivity index (χ1) is 7.72. The van der Waals surface area contributed by atoms with Gasteiger partial charge in [0.2, 0.25) is 0 Å². The monoisotopic (exact) mass is 238 g/mol. The Labute approximate surface area is 103 Å². The highest BCUT2D eigenvalue weighted by Gasteiger charge is 2.21. The maximum absolute atomic E-state index is 6.08. The SMILES string of the molecule is CCC1CNCCN1c1cc(Cl)ccc1C. The van der Waals surface area contributed by atoms with Crippen LogP contribution in [0.15, 0.2) is 18.2 Å². The second-order valence-electron chi connectivity index (χ2n) is 4.39. The Kier molecular flexibility index (Phi) is 3.72. The van der Waals surface area contributed by atoms with Crippen LogP contribution in [0.2, 0.25) is 5.02 Å². The molecule has 88 valence electrons. The summed E-state index contributed by atoms with van der Waals surface area (Å²) in [5.41, 5.74) is 2.60. The van der Waals surface area contributed by atoms with E-state index in [9.17, 15) is 0 Å². The zero-order chi connectivity index (χ0) is 11.5. The first-order valence-corrected chi connectivity index (χ1v) is 6.33. The highest BCUT2D eigenvalue weighted by molar-refractivity contribution is 6.30. The van der Waals surface area contributed by atoms with Gasteiger partial charge < -0.3 is 10.2 Å². The maximum atomic E-state index is 6.08. The van der Waals surface area contributed by atoms with Crippen LogP contribution >= 0.6 is 11.6 Å². The predicted octanol–water partition coefficient (Wildman–Crippen LogP) is 2.84. The van der Waals surface area contributed by atoms with Gasteiger partial charge in [0.15, 0.2) is 0 Å². The Morgan fingerprint density at radius 3 is 3.06 bits per heavy atom. The van der Waals surface area contributed by atoms with E-state index in [0.717, 1.165) is 24.7 Å². The molecule has 0 radical (unpaired) electrons. The zero-order valence-electron chi connectivity index (χ0n) is 9.96. The molecule has 0 amide bonds. The van der Waals surface area contributed by atoms with Gasteiger partial charge in [-0.2, -0.15) is 0 Å². The summed E-state index contributed by atoms with van der Waals surface area (Å²) in [6, 6.07) is 6.74. The number of halogens is 1. The normalized spacial score (nSPS) is 21.2. The number of anilines is 1. The van der Waals surface area contributed by atoms with Crippen molar-refractivity contribution in [1.29, 1.82) is 0 Å². The number of nitrogens with zero attached hydrogens (tertiary/aromatic N) is 1. The van der Waals surface area contributed by atoms with Crippen LogP contribution in [0.1, 0.15) is 18.9 Å². The fraction of sp³-hybridized carbons (Fsp3) is 0.538. The summed E-state index contributed by atoms with van der Waals surface area (Å²) < 4.78 is 0. The molecule has 0 saturated carbocycles. The summed E-state index contributed by atoms with van der Waals surface area (Å²) in [6.45, 7) is 7.59. The number of piperazine rings is 1. The minimum absolute atomic E-state index is 0.589. The van der Waals surface area contributed by atoms with Crippen molar-refractivity contribution >= 4 is 17.3 Å². The van der Waals surface area contributed by atoms with Gasteiger partial charge in [-0.1, -0.05) is 24.6 Å². The van der Waals surface area contributed by atoms with E-state index in [1.165, 1.54) is 17.7 Å². The number of hydrogen-bond donors (Lipinski definition) is 1. The van der Waals surface area contributed by atoms with Gasteiger partial charge in [0.05, 0.1) is 0 Å². The van der Waals surface area contributed by atoms with Gasteiger partial charge in [-0.3, -0.25) is 0 Å². The van der Waals surface area contributed by atoms with Gasteiger partial charge >= 0.3 is 0 Å². The Balaban J connectivity index is 2.30. The van der Waals surface area contributed by atoms with Crippen LogP contribution in [0.5, 0.6) is 0 Å². The minimum Gasteiger partial charge on any atom is -0.366 e. The fourth-order valence-corrected chi connectivity index (χ4v) is 2.50. The van der Waals surface area contributed by atoms with E-state index in [1.54, 1.807) is 0 Å². The number of hydrogen-bond acceptors (Lipinski definition) is 2. The van der Waals surface area contributed by atoms with Crippen LogP contribution in [0, 0.1) is 6.92 Å². The summed E-state index contributed by atoms with van der Waals surface area (Å²) in [6.07, 6.45) is 1.17. The molecule has 1 aliphatic heterocycles. The van der Waals surface area contributed by atoms with Crippen molar-refractivity contribution in [3.8, 4) is 0 Å². The van der Waals surface area contributed by atoms with E-state index >= 15 is 0 Å². The predicted molar refractivity (Wildman–Crippen MR) is 70.5 cm³/mol. The average molecular weight is 239 g/mol. The molecule has 16 heavy (non-hydrogen) atoms. The van der Waals surface area contributed by atoms with Gasteiger partial charge in [0.1, 0.15) is 0 Å². The van der Waals surface area contributed by atoms with E-state index < -0.39 is 0 Å². The van der Waals surface area contributed by atoms with E-state index in [4.69, 9.17) is 11.6 Å². The summed E-state index contributed by atoms with van der Waals surface area (Å²) in [5.74, 6) is 0. The molecule has 2 nitrogen and oxygen atoms in total. The van der Waals surface area contributed by atoms with Gasteiger partial charge in [-0.25, -0.2) is 0 Å². The lowest BCUT2D eigenvalue weighted by Crippen LogP contribution is -2.51. The third kappa shape index (κ3) is 2.33. The van der Waals surface area contributed by atoms with Gasteiger partial charge in [-0.05, 0) is 31.0 Å².